The molecule has 156 valence electrons. The average molecular weight is 407 g/mol. The normalized spacial score (nSPS) is 14.4. The molecule has 2 amide bonds. The fraction of sp³-hybridized carbons (Fsp3) is 0.318. The summed E-state index contributed by atoms with van der Waals surface area (Å²) in [6.45, 7) is 2.75. The summed E-state index contributed by atoms with van der Waals surface area (Å²) < 4.78 is 5.09. The third-order valence-corrected chi connectivity index (χ3v) is 5.28. The molecule has 2 N–H and O–H groups in total. The SMILES string of the molecule is COc1ccc(C(=O)NCC(=O)N2CCCN(c3nc4ccccc4[nH]3)CC2)cc1. The summed E-state index contributed by atoms with van der Waals surface area (Å²) in [7, 11) is 1.57. The Morgan fingerprint density at radius 2 is 1.87 bits per heavy atom. The third kappa shape index (κ3) is 4.37. The highest BCUT2D eigenvalue weighted by molar-refractivity contribution is 5.96. The summed E-state index contributed by atoms with van der Waals surface area (Å²) in [6, 6.07) is 14.7. The first-order chi connectivity index (χ1) is 14.6. The van der Waals surface area contributed by atoms with Gasteiger partial charge in [-0.1, -0.05) is 12.1 Å². The predicted octanol–water partition coefficient (Wildman–Crippen LogP) is 2.04. The van der Waals surface area contributed by atoms with Gasteiger partial charge in [-0.25, -0.2) is 4.98 Å². The van der Waals surface area contributed by atoms with Crippen molar-refractivity contribution in [3.8, 4) is 5.75 Å². The number of imidazole rings is 1. The Kier molecular flexibility index (Phi) is 5.83. The molecular weight excluding hydrogens is 382 g/mol. The number of ether oxygens (including phenoxy) is 1. The second-order valence-corrected chi connectivity index (χ2v) is 7.21. The first-order valence-corrected chi connectivity index (χ1v) is 10.0. The van der Waals surface area contributed by atoms with Crippen LogP contribution in [0, 0.1) is 0 Å². The van der Waals surface area contributed by atoms with Crippen LogP contribution in [0.4, 0.5) is 5.95 Å². The maximum atomic E-state index is 12.6. The number of rotatable bonds is 5. The molecule has 8 heteroatoms. The van der Waals surface area contributed by atoms with Crippen molar-refractivity contribution >= 4 is 28.8 Å². The van der Waals surface area contributed by atoms with Crippen LogP contribution in [-0.2, 0) is 4.79 Å². The van der Waals surface area contributed by atoms with E-state index in [1.807, 2.05) is 24.3 Å². The lowest BCUT2D eigenvalue weighted by molar-refractivity contribution is -0.129. The van der Waals surface area contributed by atoms with Gasteiger partial charge in [-0.15, -0.1) is 0 Å². The van der Waals surface area contributed by atoms with Gasteiger partial charge < -0.3 is 24.8 Å². The summed E-state index contributed by atoms with van der Waals surface area (Å²) in [5, 5.41) is 2.71. The van der Waals surface area contributed by atoms with E-state index in [1.165, 1.54) is 0 Å². The number of amides is 2. The number of methoxy groups -OCH3 is 1. The molecule has 30 heavy (non-hydrogen) atoms. The summed E-state index contributed by atoms with van der Waals surface area (Å²) in [5.41, 5.74) is 2.44. The van der Waals surface area contributed by atoms with E-state index < -0.39 is 0 Å². The second-order valence-electron chi connectivity index (χ2n) is 7.21. The Morgan fingerprint density at radius 3 is 2.63 bits per heavy atom. The van der Waals surface area contributed by atoms with Crippen LogP contribution in [0.2, 0.25) is 0 Å². The van der Waals surface area contributed by atoms with Crippen LogP contribution in [0.25, 0.3) is 11.0 Å². The molecule has 0 saturated carbocycles. The number of benzene rings is 2. The molecule has 3 aromatic rings. The molecule has 1 aliphatic rings. The van der Waals surface area contributed by atoms with Crippen molar-refractivity contribution in [3.63, 3.8) is 0 Å². The van der Waals surface area contributed by atoms with Gasteiger partial charge in [0.25, 0.3) is 5.91 Å². The lowest BCUT2D eigenvalue weighted by Gasteiger charge is -2.22. The summed E-state index contributed by atoms with van der Waals surface area (Å²) in [6.07, 6.45) is 0.842. The molecular formula is C22H25N5O3. The van der Waals surface area contributed by atoms with E-state index in [1.54, 1.807) is 36.3 Å². The third-order valence-electron chi connectivity index (χ3n) is 5.28. The molecule has 1 aromatic heterocycles. The number of nitrogens with one attached hydrogen (secondary N) is 2. The first kappa shape index (κ1) is 19.8. The zero-order chi connectivity index (χ0) is 20.9. The smallest absolute Gasteiger partial charge is 0.251 e. The minimum atomic E-state index is -0.273. The van der Waals surface area contributed by atoms with Gasteiger partial charge in [-0.2, -0.15) is 0 Å². The highest BCUT2D eigenvalue weighted by Crippen LogP contribution is 2.18. The summed E-state index contributed by atoms with van der Waals surface area (Å²) in [4.78, 5) is 36.9. The van der Waals surface area contributed by atoms with E-state index in [-0.39, 0.29) is 18.4 Å². The minimum absolute atomic E-state index is 0.0184. The van der Waals surface area contributed by atoms with Gasteiger partial charge in [-0.05, 0) is 42.8 Å². The van der Waals surface area contributed by atoms with Gasteiger partial charge in [-0.3, -0.25) is 9.59 Å². The van der Waals surface area contributed by atoms with E-state index in [0.29, 0.717) is 30.9 Å². The molecule has 0 spiro atoms. The fourth-order valence-corrected chi connectivity index (χ4v) is 3.58. The van der Waals surface area contributed by atoms with Crippen molar-refractivity contribution in [1.82, 2.24) is 20.2 Å². The van der Waals surface area contributed by atoms with Gasteiger partial charge in [0.1, 0.15) is 5.75 Å². The van der Waals surface area contributed by atoms with Crippen LogP contribution < -0.4 is 15.0 Å². The lowest BCUT2D eigenvalue weighted by atomic mass is 10.2. The summed E-state index contributed by atoms with van der Waals surface area (Å²) in [5.74, 6) is 1.16. The van der Waals surface area contributed by atoms with Crippen molar-refractivity contribution in [2.45, 2.75) is 6.42 Å². The maximum Gasteiger partial charge on any atom is 0.251 e. The minimum Gasteiger partial charge on any atom is -0.497 e. The fourth-order valence-electron chi connectivity index (χ4n) is 3.58. The first-order valence-electron chi connectivity index (χ1n) is 10.0. The van der Waals surface area contributed by atoms with E-state index in [2.05, 4.69) is 20.2 Å². The molecule has 0 bridgehead atoms. The number of fused-ring (bicyclic) bond motifs is 1. The molecule has 1 saturated heterocycles. The van der Waals surface area contributed by atoms with Gasteiger partial charge >= 0.3 is 0 Å². The van der Waals surface area contributed by atoms with Gasteiger partial charge in [0.2, 0.25) is 11.9 Å². The topological polar surface area (TPSA) is 90.6 Å². The maximum absolute atomic E-state index is 12.6. The number of aromatic amines is 1. The number of H-pyrrole nitrogens is 1. The number of hydrogen-bond acceptors (Lipinski definition) is 5. The molecule has 2 aromatic carbocycles. The van der Waals surface area contributed by atoms with Crippen molar-refractivity contribution in [3.05, 3.63) is 54.1 Å². The molecule has 0 aliphatic carbocycles. The van der Waals surface area contributed by atoms with Gasteiger partial charge in [0.05, 0.1) is 24.7 Å². The quantitative estimate of drug-likeness (QED) is 0.676. The van der Waals surface area contributed by atoms with Crippen molar-refractivity contribution in [2.24, 2.45) is 0 Å². The number of nitrogens with zero attached hydrogens (tertiary/aromatic N) is 3. The van der Waals surface area contributed by atoms with Gasteiger partial charge in [0.15, 0.2) is 0 Å². The van der Waals surface area contributed by atoms with Crippen LogP contribution in [-0.4, -0.2) is 66.5 Å². The van der Waals surface area contributed by atoms with Gasteiger partial charge in [0, 0.05) is 31.7 Å². The number of para-hydroxylation sites is 2. The number of aromatic nitrogens is 2. The number of anilines is 1. The number of carbonyl (C=O) groups excluding carboxylic acids is 2. The Labute approximate surface area is 174 Å². The summed E-state index contributed by atoms with van der Waals surface area (Å²) >= 11 is 0. The highest BCUT2D eigenvalue weighted by atomic mass is 16.5. The standard InChI is InChI=1S/C22H25N5O3/c1-30-17-9-7-16(8-10-17)21(29)23-15-20(28)26-11-4-12-27(14-13-26)22-24-18-5-2-3-6-19(18)25-22/h2-3,5-10H,4,11-15H2,1H3,(H,23,29)(H,24,25). The van der Waals surface area contributed by atoms with Crippen LogP contribution in [0.3, 0.4) is 0 Å². The van der Waals surface area contributed by atoms with Crippen LogP contribution in [0.1, 0.15) is 16.8 Å². The predicted molar refractivity (Wildman–Crippen MR) is 115 cm³/mol. The van der Waals surface area contributed by atoms with E-state index >= 15 is 0 Å². The second kappa shape index (κ2) is 8.86. The van der Waals surface area contributed by atoms with Crippen molar-refractivity contribution < 1.29 is 14.3 Å². The zero-order valence-corrected chi connectivity index (χ0v) is 16.9. The number of carbonyl (C=O) groups is 2. The number of hydrogen-bond donors (Lipinski definition) is 2. The Balaban J connectivity index is 1.31. The van der Waals surface area contributed by atoms with Crippen LogP contribution in [0.5, 0.6) is 5.75 Å². The molecule has 0 unspecified atom stereocenters. The van der Waals surface area contributed by atoms with Crippen LogP contribution in [0.15, 0.2) is 48.5 Å². The molecule has 1 fully saturated rings. The monoisotopic (exact) mass is 407 g/mol. The average Bonchev–Trinajstić information content (AvgIpc) is 3.06. The molecule has 0 radical (unpaired) electrons. The van der Waals surface area contributed by atoms with E-state index in [4.69, 9.17) is 4.74 Å². The van der Waals surface area contributed by atoms with Crippen LogP contribution >= 0.6 is 0 Å². The Bertz CT molecular complexity index is 998. The zero-order valence-electron chi connectivity index (χ0n) is 16.9. The lowest BCUT2D eigenvalue weighted by Crippen LogP contribution is -2.42. The van der Waals surface area contributed by atoms with Crippen molar-refractivity contribution in [1.29, 1.82) is 0 Å². The molecule has 2 heterocycles. The molecule has 8 nitrogen and oxygen atoms in total. The largest absolute Gasteiger partial charge is 0.497 e. The van der Waals surface area contributed by atoms with E-state index in [0.717, 1.165) is 29.9 Å². The van der Waals surface area contributed by atoms with Crippen molar-refractivity contribution in [2.75, 3.05) is 44.7 Å². The molecule has 1 aliphatic heterocycles. The van der Waals surface area contributed by atoms with E-state index in [9.17, 15) is 9.59 Å². The highest BCUT2D eigenvalue weighted by Gasteiger charge is 2.21. The molecule has 0 atom stereocenters. The Hall–Kier alpha value is -3.55. The Morgan fingerprint density at radius 1 is 1.07 bits per heavy atom. The molecule has 4 rings (SSSR count).